The number of nitrogens with one attached hydrogen (secondary N) is 2. The third kappa shape index (κ3) is 4.96. The van der Waals surface area contributed by atoms with E-state index in [9.17, 15) is 9.59 Å². The molecule has 1 atom stereocenters. The second-order valence-corrected chi connectivity index (χ2v) is 7.05. The number of amides is 3. The number of ether oxygens (including phenoxy) is 1. The van der Waals surface area contributed by atoms with Gasteiger partial charge in [-0.3, -0.25) is 4.79 Å². The van der Waals surface area contributed by atoms with Gasteiger partial charge in [0.2, 0.25) is 5.91 Å². The zero-order valence-electron chi connectivity index (χ0n) is 14.8. The van der Waals surface area contributed by atoms with Crippen LogP contribution in [0.25, 0.3) is 0 Å². The molecule has 24 heavy (non-hydrogen) atoms. The summed E-state index contributed by atoms with van der Waals surface area (Å²) < 4.78 is 5.65. The Morgan fingerprint density at radius 1 is 1.21 bits per heavy atom. The largest absolute Gasteiger partial charge is 0.372 e. The van der Waals surface area contributed by atoms with Gasteiger partial charge in [-0.15, -0.1) is 0 Å². The smallest absolute Gasteiger partial charge is 0.319 e. The highest BCUT2D eigenvalue weighted by Crippen LogP contribution is 2.18. The number of hydrogen-bond donors (Lipinski definition) is 2. The summed E-state index contributed by atoms with van der Waals surface area (Å²) in [5, 5.41) is 5.56. The highest BCUT2D eigenvalue weighted by molar-refractivity contribution is 5.93. The molecule has 1 saturated heterocycles. The molecule has 6 heteroatoms. The molecule has 2 rings (SSSR count). The Morgan fingerprint density at radius 3 is 2.46 bits per heavy atom. The number of morpholine rings is 1. The van der Waals surface area contributed by atoms with Crippen molar-refractivity contribution in [3.8, 4) is 0 Å². The Hall–Kier alpha value is -2.08. The van der Waals surface area contributed by atoms with Gasteiger partial charge in [-0.1, -0.05) is 32.0 Å². The molecule has 6 nitrogen and oxygen atoms in total. The molecule has 1 heterocycles. The van der Waals surface area contributed by atoms with Crippen LogP contribution in [0.2, 0.25) is 0 Å². The fourth-order valence-electron chi connectivity index (χ4n) is 2.74. The number of benzene rings is 1. The second-order valence-electron chi connectivity index (χ2n) is 7.05. The minimum atomic E-state index is -0.567. The van der Waals surface area contributed by atoms with Crippen LogP contribution in [0.5, 0.6) is 0 Å². The quantitative estimate of drug-likeness (QED) is 0.889. The Labute approximate surface area is 143 Å². The maximum atomic E-state index is 12.8. The van der Waals surface area contributed by atoms with Crippen molar-refractivity contribution in [3.05, 3.63) is 30.3 Å². The predicted octanol–water partition coefficient (Wildman–Crippen LogP) is 2.47. The van der Waals surface area contributed by atoms with Crippen LogP contribution in [-0.2, 0) is 9.53 Å². The van der Waals surface area contributed by atoms with Crippen LogP contribution in [0, 0.1) is 5.92 Å². The maximum absolute atomic E-state index is 12.8. The van der Waals surface area contributed by atoms with Crippen LogP contribution in [0.4, 0.5) is 10.5 Å². The lowest BCUT2D eigenvalue weighted by Crippen LogP contribution is -2.58. The van der Waals surface area contributed by atoms with Gasteiger partial charge in [-0.2, -0.15) is 0 Å². The summed E-state index contributed by atoms with van der Waals surface area (Å²) in [7, 11) is 0. The van der Waals surface area contributed by atoms with E-state index >= 15 is 0 Å². The first-order valence-electron chi connectivity index (χ1n) is 8.34. The summed E-state index contributed by atoms with van der Waals surface area (Å²) in [4.78, 5) is 26.8. The summed E-state index contributed by atoms with van der Waals surface area (Å²) in [5.41, 5.74) is 0.333. The van der Waals surface area contributed by atoms with E-state index in [1.165, 1.54) is 0 Å². The molecule has 0 radical (unpaired) electrons. The van der Waals surface area contributed by atoms with Crippen LogP contribution in [-0.4, -0.2) is 48.2 Å². The van der Waals surface area contributed by atoms with Crippen molar-refractivity contribution in [2.45, 2.75) is 39.3 Å². The molecule has 1 fully saturated rings. The number of anilines is 1. The lowest BCUT2D eigenvalue weighted by Gasteiger charge is -2.40. The SMILES string of the molecule is CC(C)C(NC(=O)Nc1ccccc1)C(=O)N1CCOC(C)(C)C1. The number of carbonyl (C=O) groups is 2. The molecule has 0 saturated carbocycles. The first kappa shape index (κ1) is 18.3. The van der Waals surface area contributed by atoms with Gasteiger partial charge in [0.05, 0.1) is 12.2 Å². The molecule has 1 aromatic carbocycles. The number of carbonyl (C=O) groups excluding carboxylic acids is 2. The number of rotatable bonds is 4. The molecule has 0 aromatic heterocycles. The van der Waals surface area contributed by atoms with Crippen LogP contribution in [0.3, 0.4) is 0 Å². The van der Waals surface area contributed by atoms with E-state index in [1.807, 2.05) is 45.9 Å². The summed E-state index contributed by atoms with van der Waals surface area (Å²) in [6.07, 6.45) is 0. The van der Waals surface area contributed by atoms with Crippen molar-refractivity contribution in [1.82, 2.24) is 10.2 Å². The van der Waals surface area contributed by atoms with Crippen LogP contribution < -0.4 is 10.6 Å². The maximum Gasteiger partial charge on any atom is 0.319 e. The molecule has 0 aliphatic carbocycles. The average Bonchev–Trinajstić information content (AvgIpc) is 2.51. The highest BCUT2D eigenvalue weighted by Gasteiger charge is 2.35. The van der Waals surface area contributed by atoms with E-state index in [0.29, 0.717) is 25.4 Å². The van der Waals surface area contributed by atoms with Gasteiger partial charge >= 0.3 is 6.03 Å². The van der Waals surface area contributed by atoms with E-state index in [2.05, 4.69) is 10.6 Å². The van der Waals surface area contributed by atoms with Crippen molar-refractivity contribution in [2.24, 2.45) is 5.92 Å². The number of hydrogen-bond acceptors (Lipinski definition) is 3. The Morgan fingerprint density at radius 2 is 1.88 bits per heavy atom. The van der Waals surface area contributed by atoms with Gasteiger partial charge in [-0.25, -0.2) is 4.79 Å². The summed E-state index contributed by atoms with van der Waals surface area (Å²) >= 11 is 0. The zero-order chi connectivity index (χ0) is 17.7. The van der Waals surface area contributed by atoms with E-state index < -0.39 is 6.04 Å². The summed E-state index contributed by atoms with van der Waals surface area (Å²) in [6.45, 7) is 9.37. The first-order valence-corrected chi connectivity index (χ1v) is 8.34. The topological polar surface area (TPSA) is 70.7 Å². The van der Waals surface area contributed by atoms with Crippen molar-refractivity contribution in [3.63, 3.8) is 0 Å². The van der Waals surface area contributed by atoms with E-state index in [0.717, 1.165) is 0 Å². The molecule has 0 bridgehead atoms. The molecule has 2 N–H and O–H groups in total. The second kappa shape index (κ2) is 7.66. The number of urea groups is 1. The lowest BCUT2D eigenvalue weighted by molar-refractivity contribution is -0.148. The molecule has 1 aromatic rings. The lowest BCUT2D eigenvalue weighted by atomic mass is 10.0. The minimum Gasteiger partial charge on any atom is -0.372 e. The van der Waals surface area contributed by atoms with Gasteiger partial charge < -0.3 is 20.3 Å². The van der Waals surface area contributed by atoms with Crippen LogP contribution >= 0.6 is 0 Å². The molecule has 1 unspecified atom stereocenters. The van der Waals surface area contributed by atoms with Crippen LogP contribution in [0.15, 0.2) is 30.3 Å². The molecule has 132 valence electrons. The Balaban J connectivity index is 2.00. The van der Waals surface area contributed by atoms with Crippen molar-refractivity contribution >= 4 is 17.6 Å². The van der Waals surface area contributed by atoms with Gasteiger partial charge in [0.1, 0.15) is 6.04 Å². The van der Waals surface area contributed by atoms with Gasteiger partial charge in [0.15, 0.2) is 0 Å². The fraction of sp³-hybridized carbons (Fsp3) is 0.556. The first-order chi connectivity index (χ1) is 11.3. The summed E-state index contributed by atoms with van der Waals surface area (Å²) in [5.74, 6) is -0.0745. The third-order valence-electron chi connectivity index (χ3n) is 3.99. The average molecular weight is 333 g/mol. The molecular weight excluding hydrogens is 306 g/mol. The van der Waals surface area contributed by atoms with Crippen molar-refractivity contribution < 1.29 is 14.3 Å². The normalized spacial score (nSPS) is 18.1. The van der Waals surface area contributed by atoms with E-state index in [-0.39, 0.29) is 23.5 Å². The molecule has 3 amide bonds. The van der Waals surface area contributed by atoms with E-state index in [1.54, 1.807) is 17.0 Å². The van der Waals surface area contributed by atoms with Gasteiger partial charge in [-0.05, 0) is 31.9 Å². The monoisotopic (exact) mass is 333 g/mol. The van der Waals surface area contributed by atoms with Crippen molar-refractivity contribution in [2.75, 3.05) is 25.0 Å². The Kier molecular flexibility index (Phi) is 5.83. The molecule has 1 aliphatic heterocycles. The number of para-hydroxylation sites is 1. The fourth-order valence-corrected chi connectivity index (χ4v) is 2.74. The van der Waals surface area contributed by atoms with Crippen molar-refractivity contribution in [1.29, 1.82) is 0 Å². The van der Waals surface area contributed by atoms with Crippen LogP contribution in [0.1, 0.15) is 27.7 Å². The van der Waals surface area contributed by atoms with Gasteiger partial charge in [0.25, 0.3) is 0 Å². The highest BCUT2D eigenvalue weighted by atomic mass is 16.5. The van der Waals surface area contributed by atoms with Gasteiger partial charge in [0, 0.05) is 18.8 Å². The predicted molar refractivity (Wildman–Crippen MR) is 93.8 cm³/mol. The molecule has 0 spiro atoms. The molecule has 1 aliphatic rings. The Bertz CT molecular complexity index is 572. The third-order valence-corrected chi connectivity index (χ3v) is 3.99. The summed E-state index contributed by atoms with van der Waals surface area (Å²) in [6, 6.07) is 8.23. The molecular formula is C18H27N3O3. The zero-order valence-corrected chi connectivity index (χ0v) is 14.8. The van der Waals surface area contributed by atoms with E-state index in [4.69, 9.17) is 4.74 Å². The number of nitrogens with zero attached hydrogens (tertiary/aromatic N) is 1. The standard InChI is InChI=1S/C18H27N3O3/c1-13(2)15(16(22)21-10-11-24-18(3,4)12-21)20-17(23)19-14-8-6-5-7-9-14/h5-9,13,15H,10-12H2,1-4H3,(H2,19,20,23). The minimum absolute atomic E-state index is 0.00928.